The van der Waals surface area contributed by atoms with Gasteiger partial charge in [-0.2, -0.15) is 13.2 Å². The maximum atomic E-state index is 10.6. The number of carboxylic acid groups (broad SMARTS) is 1. The highest BCUT2D eigenvalue weighted by Gasteiger charge is 2.43. The second kappa shape index (κ2) is 9.12. The zero-order valence-corrected chi connectivity index (χ0v) is 15.5. The minimum Gasteiger partial charge on any atom is -0.475 e. The molecule has 1 aromatic heterocycles. The van der Waals surface area contributed by atoms with E-state index in [4.69, 9.17) is 19.4 Å². The third kappa shape index (κ3) is 5.63. The number of thiazole rings is 1. The van der Waals surface area contributed by atoms with Crippen LogP contribution in [0.4, 0.5) is 13.2 Å². The van der Waals surface area contributed by atoms with Gasteiger partial charge in [0.25, 0.3) is 0 Å². The Labute approximate surface area is 153 Å². The SMILES string of the molecule is CCO[C@@H]1CC[C@H]2[C@H]1OCCN2Cc1csc(C)n1.O=C(O)C(F)(F)F. The molecule has 2 heterocycles. The van der Waals surface area contributed by atoms with Crippen molar-refractivity contribution in [2.24, 2.45) is 0 Å². The molecule has 2 fully saturated rings. The minimum absolute atomic E-state index is 0.258. The first-order chi connectivity index (χ1) is 12.2. The van der Waals surface area contributed by atoms with Gasteiger partial charge in [-0.05, 0) is 26.7 Å². The highest BCUT2D eigenvalue weighted by atomic mass is 32.1. The summed E-state index contributed by atoms with van der Waals surface area (Å²) in [4.78, 5) is 16.0. The summed E-state index contributed by atoms with van der Waals surface area (Å²) in [6, 6.07) is 0.507. The number of morpholine rings is 1. The molecule has 6 nitrogen and oxygen atoms in total. The molecule has 1 aliphatic heterocycles. The van der Waals surface area contributed by atoms with E-state index in [1.54, 1.807) is 11.3 Å². The lowest BCUT2D eigenvalue weighted by Gasteiger charge is -2.38. The Bertz CT molecular complexity index is 596. The molecule has 3 atom stereocenters. The third-order valence-electron chi connectivity index (χ3n) is 4.31. The van der Waals surface area contributed by atoms with Gasteiger partial charge in [-0.1, -0.05) is 0 Å². The van der Waals surface area contributed by atoms with E-state index in [2.05, 4.69) is 29.1 Å². The number of nitrogens with zero attached hydrogens (tertiary/aromatic N) is 2. The number of aryl methyl sites for hydroxylation is 1. The van der Waals surface area contributed by atoms with Gasteiger partial charge < -0.3 is 14.6 Å². The van der Waals surface area contributed by atoms with Crippen molar-refractivity contribution < 1.29 is 32.5 Å². The number of hydrogen-bond donors (Lipinski definition) is 1. The summed E-state index contributed by atoms with van der Waals surface area (Å²) in [5, 5.41) is 10.5. The van der Waals surface area contributed by atoms with E-state index in [1.807, 2.05) is 0 Å². The molecule has 10 heteroatoms. The molecule has 1 saturated heterocycles. The van der Waals surface area contributed by atoms with Crippen molar-refractivity contribution in [3.8, 4) is 0 Å². The molecule has 0 amide bonds. The highest BCUT2D eigenvalue weighted by molar-refractivity contribution is 7.09. The Balaban J connectivity index is 0.000000298. The van der Waals surface area contributed by atoms with Crippen molar-refractivity contribution in [1.82, 2.24) is 9.88 Å². The first-order valence-corrected chi connectivity index (χ1v) is 9.28. The minimum atomic E-state index is -5.08. The molecule has 1 aromatic rings. The van der Waals surface area contributed by atoms with Crippen LogP contribution in [0.2, 0.25) is 0 Å². The summed E-state index contributed by atoms with van der Waals surface area (Å²) in [5.74, 6) is -2.76. The number of aromatic nitrogens is 1. The van der Waals surface area contributed by atoms with Crippen LogP contribution in [0.15, 0.2) is 5.38 Å². The Morgan fingerprint density at radius 1 is 1.50 bits per heavy atom. The van der Waals surface area contributed by atoms with Gasteiger partial charge in [-0.15, -0.1) is 11.3 Å². The fourth-order valence-corrected chi connectivity index (χ4v) is 3.87. The molecular formula is C16H23F3N2O4S. The van der Waals surface area contributed by atoms with Crippen molar-refractivity contribution in [3.63, 3.8) is 0 Å². The van der Waals surface area contributed by atoms with Gasteiger partial charge in [0.2, 0.25) is 0 Å². The molecule has 0 bridgehead atoms. The highest BCUT2D eigenvalue weighted by Crippen LogP contribution is 2.33. The first-order valence-electron chi connectivity index (χ1n) is 8.40. The molecule has 0 aromatic carbocycles. The van der Waals surface area contributed by atoms with Gasteiger partial charge in [0.1, 0.15) is 0 Å². The quantitative estimate of drug-likeness (QED) is 0.844. The standard InChI is InChI=1S/C14H22N2O2S.C2HF3O2/c1-3-17-13-5-4-12-14(13)18-7-6-16(12)8-11-9-19-10(2)15-11;3-2(4,5)1(6)7/h9,12-14H,3-8H2,1-2H3;(H,6,7)/t12-,13+,14+;/m0./s1. The van der Waals surface area contributed by atoms with Gasteiger partial charge >= 0.3 is 12.1 Å². The van der Waals surface area contributed by atoms with Crippen molar-refractivity contribution in [1.29, 1.82) is 0 Å². The smallest absolute Gasteiger partial charge is 0.475 e. The summed E-state index contributed by atoms with van der Waals surface area (Å²) >= 11 is 1.73. The molecule has 0 radical (unpaired) electrons. The molecule has 3 rings (SSSR count). The number of fused-ring (bicyclic) bond motifs is 1. The van der Waals surface area contributed by atoms with Gasteiger partial charge in [0.05, 0.1) is 29.5 Å². The van der Waals surface area contributed by atoms with Crippen molar-refractivity contribution in [2.75, 3.05) is 19.8 Å². The lowest BCUT2D eigenvalue weighted by Crippen LogP contribution is -2.51. The molecular weight excluding hydrogens is 373 g/mol. The summed E-state index contributed by atoms with van der Waals surface area (Å²) in [6.07, 6.45) is -2.24. The maximum Gasteiger partial charge on any atom is 0.490 e. The van der Waals surface area contributed by atoms with Crippen LogP contribution in [-0.2, 0) is 20.8 Å². The largest absolute Gasteiger partial charge is 0.490 e. The molecule has 148 valence electrons. The first kappa shape index (κ1) is 21.1. The van der Waals surface area contributed by atoms with Gasteiger partial charge in [-0.25, -0.2) is 9.78 Å². The molecule has 1 N–H and O–H groups in total. The van der Waals surface area contributed by atoms with E-state index in [0.29, 0.717) is 6.04 Å². The summed E-state index contributed by atoms with van der Waals surface area (Å²) < 4.78 is 43.5. The number of carbonyl (C=O) groups is 1. The van der Waals surface area contributed by atoms with Crippen molar-refractivity contribution in [3.05, 3.63) is 16.1 Å². The number of rotatable bonds is 4. The van der Waals surface area contributed by atoms with E-state index in [-0.39, 0.29) is 12.2 Å². The molecule has 26 heavy (non-hydrogen) atoms. The second-order valence-electron chi connectivity index (χ2n) is 6.11. The van der Waals surface area contributed by atoms with E-state index >= 15 is 0 Å². The zero-order valence-electron chi connectivity index (χ0n) is 14.7. The zero-order chi connectivity index (χ0) is 19.3. The van der Waals surface area contributed by atoms with E-state index in [1.165, 1.54) is 12.1 Å². The average molecular weight is 396 g/mol. The Hall–Kier alpha value is -1.23. The maximum absolute atomic E-state index is 10.6. The molecule has 2 aliphatic rings. The van der Waals surface area contributed by atoms with Crippen LogP contribution >= 0.6 is 11.3 Å². The van der Waals surface area contributed by atoms with Crippen LogP contribution in [0.3, 0.4) is 0 Å². The molecule has 1 aliphatic carbocycles. The number of carboxylic acids is 1. The van der Waals surface area contributed by atoms with Crippen molar-refractivity contribution in [2.45, 2.75) is 57.7 Å². The fraction of sp³-hybridized carbons (Fsp3) is 0.750. The molecule has 0 unspecified atom stereocenters. The topological polar surface area (TPSA) is 71.9 Å². The summed E-state index contributed by atoms with van der Waals surface area (Å²) in [5.41, 5.74) is 1.20. The van der Waals surface area contributed by atoms with Gasteiger partial charge in [-0.3, -0.25) is 4.90 Å². The lowest BCUT2D eigenvalue weighted by molar-refractivity contribution is -0.192. The molecule has 0 spiro atoms. The predicted octanol–water partition coefficient (Wildman–Crippen LogP) is 2.85. The van der Waals surface area contributed by atoms with Crippen molar-refractivity contribution >= 4 is 17.3 Å². The Morgan fingerprint density at radius 2 is 2.19 bits per heavy atom. The number of ether oxygens (including phenoxy) is 2. The predicted molar refractivity (Wildman–Crippen MR) is 89.1 cm³/mol. The second-order valence-corrected chi connectivity index (χ2v) is 7.17. The third-order valence-corrected chi connectivity index (χ3v) is 5.13. The van der Waals surface area contributed by atoms with Crippen LogP contribution in [0.5, 0.6) is 0 Å². The number of aliphatic carboxylic acids is 1. The Kier molecular flexibility index (Phi) is 7.39. The van der Waals surface area contributed by atoms with E-state index in [9.17, 15) is 13.2 Å². The lowest BCUT2D eigenvalue weighted by atomic mass is 10.1. The van der Waals surface area contributed by atoms with Gasteiger partial charge in [0.15, 0.2) is 0 Å². The van der Waals surface area contributed by atoms with Crippen LogP contribution in [0.25, 0.3) is 0 Å². The Morgan fingerprint density at radius 3 is 2.73 bits per heavy atom. The summed E-state index contributed by atoms with van der Waals surface area (Å²) in [7, 11) is 0. The van der Waals surface area contributed by atoms with Crippen LogP contribution in [0, 0.1) is 6.92 Å². The van der Waals surface area contributed by atoms with E-state index in [0.717, 1.165) is 37.7 Å². The average Bonchev–Trinajstić information content (AvgIpc) is 3.15. The monoisotopic (exact) mass is 396 g/mol. The van der Waals surface area contributed by atoms with Crippen LogP contribution < -0.4 is 0 Å². The normalized spacial score (nSPS) is 26.1. The fourth-order valence-electron chi connectivity index (χ4n) is 3.27. The summed E-state index contributed by atoms with van der Waals surface area (Å²) in [6.45, 7) is 7.68. The van der Waals surface area contributed by atoms with Crippen LogP contribution in [0.1, 0.15) is 30.5 Å². The number of hydrogen-bond acceptors (Lipinski definition) is 6. The molecule has 1 saturated carbocycles. The number of alkyl halides is 3. The van der Waals surface area contributed by atoms with Crippen LogP contribution in [-0.4, -0.2) is 65.1 Å². The van der Waals surface area contributed by atoms with E-state index < -0.39 is 12.1 Å². The van der Waals surface area contributed by atoms with Gasteiger partial charge in [0, 0.05) is 31.1 Å². The number of halogens is 3.